The highest BCUT2D eigenvalue weighted by atomic mass is 32.1. The van der Waals surface area contributed by atoms with Crippen molar-refractivity contribution in [2.75, 3.05) is 11.1 Å². The number of carbonyl (C=O) groups excluding carboxylic acids is 2. The predicted octanol–water partition coefficient (Wildman–Crippen LogP) is 4.66. The Bertz CT molecular complexity index is 1180. The SMILES string of the molecule is CC(OC(=O)c1ccc(N)cc1)C(=O)Nc1sc2c(c1C#N)CCC(c1ccccc1)C2. The van der Waals surface area contributed by atoms with E-state index in [9.17, 15) is 14.9 Å². The maximum atomic E-state index is 12.7. The van der Waals surface area contributed by atoms with Crippen LogP contribution in [0.5, 0.6) is 0 Å². The highest BCUT2D eigenvalue weighted by molar-refractivity contribution is 7.16. The van der Waals surface area contributed by atoms with Gasteiger partial charge < -0.3 is 15.8 Å². The van der Waals surface area contributed by atoms with Crippen molar-refractivity contribution in [3.8, 4) is 6.07 Å². The first-order chi connectivity index (χ1) is 15.5. The number of carbonyl (C=O) groups is 2. The highest BCUT2D eigenvalue weighted by Gasteiger charge is 2.28. The maximum Gasteiger partial charge on any atom is 0.338 e. The first kappa shape index (κ1) is 21.6. The molecule has 2 atom stereocenters. The molecule has 0 saturated carbocycles. The van der Waals surface area contributed by atoms with Crippen LogP contribution in [0.2, 0.25) is 0 Å². The number of thiophene rings is 1. The number of anilines is 2. The number of esters is 1. The van der Waals surface area contributed by atoms with Gasteiger partial charge in [0.15, 0.2) is 6.10 Å². The van der Waals surface area contributed by atoms with E-state index in [-0.39, 0.29) is 0 Å². The van der Waals surface area contributed by atoms with Crippen LogP contribution >= 0.6 is 11.3 Å². The fourth-order valence-corrected chi connectivity index (χ4v) is 5.20. The minimum atomic E-state index is -1.01. The minimum absolute atomic E-state index is 0.315. The van der Waals surface area contributed by atoms with E-state index in [0.29, 0.717) is 27.7 Å². The third-order valence-electron chi connectivity index (χ3n) is 5.68. The van der Waals surface area contributed by atoms with Gasteiger partial charge in [0.1, 0.15) is 11.1 Å². The highest BCUT2D eigenvalue weighted by Crippen LogP contribution is 2.42. The molecule has 2 unspecified atom stereocenters. The number of nitrogen functional groups attached to an aromatic ring is 1. The number of ether oxygens (including phenoxy) is 1. The van der Waals surface area contributed by atoms with Gasteiger partial charge in [-0.25, -0.2) is 4.79 Å². The third-order valence-corrected chi connectivity index (χ3v) is 6.85. The lowest BCUT2D eigenvalue weighted by atomic mass is 9.83. The summed E-state index contributed by atoms with van der Waals surface area (Å²) in [4.78, 5) is 26.1. The fourth-order valence-electron chi connectivity index (χ4n) is 3.92. The van der Waals surface area contributed by atoms with E-state index in [0.717, 1.165) is 29.7 Å². The molecule has 3 aromatic rings. The van der Waals surface area contributed by atoms with Crippen molar-refractivity contribution in [2.45, 2.75) is 38.2 Å². The van der Waals surface area contributed by atoms with Gasteiger partial charge in [0, 0.05) is 10.6 Å². The monoisotopic (exact) mass is 445 g/mol. The number of nitrogens with one attached hydrogen (secondary N) is 1. The lowest BCUT2D eigenvalue weighted by Gasteiger charge is -2.22. The topological polar surface area (TPSA) is 105 Å². The van der Waals surface area contributed by atoms with Gasteiger partial charge in [-0.3, -0.25) is 4.79 Å². The van der Waals surface area contributed by atoms with Gasteiger partial charge >= 0.3 is 5.97 Å². The zero-order valence-electron chi connectivity index (χ0n) is 17.6. The number of nitrogens with two attached hydrogens (primary N) is 1. The molecule has 0 bridgehead atoms. The molecule has 0 spiro atoms. The Balaban J connectivity index is 1.45. The van der Waals surface area contributed by atoms with Crippen molar-refractivity contribution in [1.29, 1.82) is 5.26 Å². The Morgan fingerprint density at radius 3 is 2.59 bits per heavy atom. The first-order valence-corrected chi connectivity index (χ1v) is 11.2. The molecule has 0 radical (unpaired) electrons. The van der Waals surface area contributed by atoms with Crippen LogP contribution in [0.3, 0.4) is 0 Å². The molecule has 0 fully saturated rings. The normalized spacial score (nSPS) is 15.8. The molecule has 1 aromatic heterocycles. The van der Waals surface area contributed by atoms with Gasteiger partial charge in [-0.2, -0.15) is 5.26 Å². The van der Waals surface area contributed by atoms with E-state index in [1.807, 2.05) is 18.2 Å². The predicted molar refractivity (Wildman–Crippen MR) is 125 cm³/mol. The second-order valence-corrected chi connectivity index (χ2v) is 8.93. The van der Waals surface area contributed by atoms with Gasteiger partial charge in [-0.05, 0) is 67.5 Å². The molecule has 0 saturated heterocycles. The summed E-state index contributed by atoms with van der Waals surface area (Å²) in [7, 11) is 0. The molecule has 7 heteroatoms. The van der Waals surface area contributed by atoms with Gasteiger partial charge in [-0.1, -0.05) is 30.3 Å². The number of nitriles is 1. The number of fused-ring (bicyclic) bond motifs is 1. The van der Waals surface area contributed by atoms with Crippen molar-refractivity contribution in [3.05, 3.63) is 81.7 Å². The molecule has 0 aliphatic heterocycles. The average Bonchev–Trinajstić information content (AvgIpc) is 3.15. The summed E-state index contributed by atoms with van der Waals surface area (Å²) in [5, 5.41) is 13.0. The summed E-state index contributed by atoms with van der Waals surface area (Å²) in [6, 6.07) is 18.9. The van der Waals surface area contributed by atoms with Crippen LogP contribution in [0.15, 0.2) is 54.6 Å². The van der Waals surface area contributed by atoms with E-state index in [4.69, 9.17) is 10.5 Å². The Morgan fingerprint density at radius 2 is 1.91 bits per heavy atom. The average molecular weight is 446 g/mol. The summed E-state index contributed by atoms with van der Waals surface area (Å²) in [5.74, 6) is -0.676. The van der Waals surface area contributed by atoms with Gasteiger partial charge in [-0.15, -0.1) is 11.3 Å². The molecule has 2 aromatic carbocycles. The Morgan fingerprint density at radius 1 is 1.19 bits per heavy atom. The molecule has 1 aliphatic carbocycles. The number of rotatable bonds is 5. The lowest BCUT2D eigenvalue weighted by Crippen LogP contribution is -2.30. The quantitative estimate of drug-likeness (QED) is 0.439. The summed E-state index contributed by atoms with van der Waals surface area (Å²) in [6.45, 7) is 1.51. The summed E-state index contributed by atoms with van der Waals surface area (Å²) in [6.07, 6.45) is 1.59. The van der Waals surface area contributed by atoms with Gasteiger partial charge in [0.05, 0.1) is 11.1 Å². The second-order valence-electron chi connectivity index (χ2n) is 7.83. The Kier molecular flexibility index (Phi) is 6.24. The molecule has 162 valence electrons. The van der Waals surface area contributed by atoms with Crippen LogP contribution in [0, 0.1) is 11.3 Å². The minimum Gasteiger partial charge on any atom is -0.449 e. The molecular formula is C25H23N3O3S. The molecule has 1 aliphatic rings. The Hall–Kier alpha value is -3.63. The summed E-state index contributed by atoms with van der Waals surface area (Å²) >= 11 is 1.44. The molecule has 4 rings (SSSR count). The Labute approximate surface area is 190 Å². The maximum absolute atomic E-state index is 12.7. The zero-order chi connectivity index (χ0) is 22.7. The number of hydrogen-bond donors (Lipinski definition) is 2. The number of benzene rings is 2. The van der Waals surface area contributed by atoms with Crippen LogP contribution in [-0.4, -0.2) is 18.0 Å². The van der Waals surface area contributed by atoms with Crippen LogP contribution in [0.1, 0.15) is 51.2 Å². The van der Waals surface area contributed by atoms with Crippen molar-refractivity contribution >= 4 is 33.9 Å². The lowest BCUT2D eigenvalue weighted by molar-refractivity contribution is -0.123. The molecule has 6 nitrogen and oxygen atoms in total. The van der Waals surface area contributed by atoms with Gasteiger partial charge in [0.2, 0.25) is 0 Å². The van der Waals surface area contributed by atoms with E-state index in [1.165, 1.54) is 23.8 Å². The number of amides is 1. The molecule has 1 heterocycles. The summed E-state index contributed by atoms with van der Waals surface area (Å²) < 4.78 is 5.29. The van der Waals surface area contributed by atoms with Crippen molar-refractivity contribution in [2.24, 2.45) is 0 Å². The van der Waals surface area contributed by atoms with Crippen molar-refractivity contribution < 1.29 is 14.3 Å². The smallest absolute Gasteiger partial charge is 0.338 e. The van der Waals surface area contributed by atoms with E-state index >= 15 is 0 Å². The summed E-state index contributed by atoms with van der Waals surface area (Å²) in [5.41, 5.74) is 9.31. The molecule has 3 N–H and O–H groups in total. The van der Waals surface area contributed by atoms with Crippen LogP contribution in [0.25, 0.3) is 0 Å². The largest absolute Gasteiger partial charge is 0.449 e. The van der Waals surface area contributed by atoms with Crippen LogP contribution in [0.4, 0.5) is 10.7 Å². The number of nitrogens with zero attached hydrogens (tertiary/aromatic N) is 1. The van der Waals surface area contributed by atoms with E-state index < -0.39 is 18.0 Å². The standard InChI is InChI=1S/C25H23N3O3S/c1-15(31-25(30)17-7-10-19(27)11-8-17)23(29)28-24-21(14-26)20-12-9-18(13-22(20)32-24)16-5-3-2-4-6-16/h2-8,10-11,15,18H,9,12-13,27H2,1H3,(H,28,29). The van der Waals surface area contributed by atoms with Crippen molar-refractivity contribution in [1.82, 2.24) is 0 Å². The molecule has 32 heavy (non-hydrogen) atoms. The van der Waals surface area contributed by atoms with Crippen LogP contribution in [-0.2, 0) is 22.4 Å². The fraction of sp³-hybridized carbons (Fsp3) is 0.240. The van der Waals surface area contributed by atoms with Crippen molar-refractivity contribution in [3.63, 3.8) is 0 Å². The van der Waals surface area contributed by atoms with Gasteiger partial charge in [0.25, 0.3) is 5.91 Å². The second kappa shape index (κ2) is 9.25. The third kappa shape index (κ3) is 4.51. The molecule has 1 amide bonds. The molecular weight excluding hydrogens is 422 g/mol. The van der Waals surface area contributed by atoms with Crippen LogP contribution < -0.4 is 11.1 Å². The zero-order valence-corrected chi connectivity index (χ0v) is 18.4. The van der Waals surface area contributed by atoms with E-state index in [2.05, 4.69) is 23.5 Å². The first-order valence-electron chi connectivity index (χ1n) is 10.4. The number of hydrogen-bond acceptors (Lipinski definition) is 6. The van der Waals surface area contributed by atoms with E-state index in [1.54, 1.807) is 24.3 Å².